The standard InChI is InChI=1S/C16H20ClN3O2.ClH/c17-14-3-1-2-12(10-14)15(21)19-6-8-20(9-7-19)16(22)13-4-5-18-11-13;/h1-3,10,13,18H,4-9,11H2;1H. The monoisotopic (exact) mass is 357 g/mol. The molecular formula is C16H21Cl2N3O2. The highest BCUT2D eigenvalue weighted by Gasteiger charge is 2.30. The van der Waals surface area contributed by atoms with Crippen LogP contribution in [0.1, 0.15) is 16.8 Å². The average Bonchev–Trinajstić information content (AvgIpc) is 3.08. The van der Waals surface area contributed by atoms with Gasteiger partial charge < -0.3 is 15.1 Å². The van der Waals surface area contributed by atoms with Gasteiger partial charge in [-0.05, 0) is 31.2 Å². The van der Waals surface area contributed by atoms with Gasteiger partial charge in [0.05, 0.1) is 5.92 Å². The number of carbonyl (C=O) groups is 2. The number of halogens is 2. The van der Waals surface area contributed by atoms with E-state index >= 15 is 0 Å². The maximum atomic E-state index is 12.4. The third-order valence-corrected chi connectivity index (χ3v) is 4.59. The van der Waals surface area contributed by atoms with Crippen molar-refractivity contribution in [3.63, 3.8) is 0 Å². The normalized spacial score (nSPS) is 21.0. The number of hydrogen-bond acceptors (Lipinski definition) is 3. The van der Waals surface area contributed by atoms with Crippen molar-refractivity contribution in [2.45, 2.75) is 6.42 Å². The second-order valence-corrected chi connectivity index (χ2v) is 6.25. The summed E-state index contributed by atoms with van der Waals surface area (Å²) in [6.45, 7) is 4.09. The first kappa shape index (κ1) is 18.0. The first-order valence-corrected chi connectivity index (χ1v) is 8.07. The molecule has 0 aliphatic carbocycles. The van der Waals surface area contributed by atoms with E-state index in [-0.39, 0.29) is 30.1 Å². The van der Waals surface area contributed by atoms with E-state index < -0.39 is 0 Å². The fourth-order valence-corrected chi connectivity index (χ4v) is 3.25. The highest BCUT2D eigenvalue weighted by molar-refractivity contribution is 6.30. The predicted octanol–water partition coefficient (Wildman–Crippen LogP) is 1.66. The van der Waals surface area contributed by atoms with Gasteiger partial charge in [0.25, 0.3) is 5.91 Å². The number of rotatable bonds is 2. The Balaban J connectivity index is 0.00000192. The van der Waals surface area contributed by atoms with Gasteiger partial charge in [-0.15, -0.1) is 12.4 Å². The average molecular weight is 358 g/mol. The SMILES string of the molecule is Cl.O=C(c1cccc(Cl)c1)N1CCN(C(=O)C2CCNC2)CC1. The predicted molar refractivity (Wildman–Crippen MR) is 92.2 cm³/mol. The fourth-order valence-electron chi connectivity index (χ4n) is 3.06. The van der Waals surface area contributed by atoms with Crippen LogP contribution in [0, 0.1) is 5.92 Å². The van der Waals surface area contributed by atoms with Gasteiger partial charge in [-0.1, -0.05) is 17.7 Å². The molecule has 0 bridgehead atoms. The Bertz CT molecular complexity index is 568. The number of hydrogen-bond donors (Lipinski definition) is 1. The molecule has 0 aromatic heterocycles. The minimum atomic E-state index is -0.0165. The first-order valence-electron chi connectivity index (χ1n) is 7.69. The van der Waals surface area contributed by atoms with E-state index in [1.54, 1.807) is 29.2 Å². The highest BCUT2D eigenvalue weighted by Crippen LogP contribution is 2.16. The van der Waals surface area contributed by atoms with E-state index in [9.17, 15) is 9.59 Å². The van der Waals surface area contributed by atoms with Crippen molar-refractivity contribution in [2.24, 2.45) is 5.92 Å². The minimum absolute atomic E-state index is 0. The molecule has 5 nitrogen and oxygen atoms in total. The maximum Gasteiger partial charge on any atom is 0.254 e. The molecule has 1 unspecified atom stereocenters. The molecule has 1 N–H and O–H groups in total. The summed E-state index contributed by atoms with van der Waals surface area (Å²) in [5.41, 5.74) is 0.604. The molecule has 2 saturated heterocycles. The summed E-state index contributed by atoms with van der Waals surface area (Å²) in [6, 6.07) is 6.99. The summed E-state index contributed by atoms with van der Waals surface area (Å²) in [7, 11) is 0. The van der Waals surface area contributed by atoms with Crippen molar-refractivity contribution in [3.8, 4) is 0 Å². The number of carbonyl (C=O) groups excluding carboxylic acids is 2. The summed E-state index contributed by atoms with van der Waals surface area (Å²) in [5, 5.41) is 3.78. The van der Waals surface area contributed by atoms with Gasteiger partial charge in [0, 0.05) is 43.3 Å². The van der Waals surface area contributed by atoms with E-state index in [0.717, 1.165) is 19.5 Å². The van der Waals surface area contributed by atoms with Crippen LogP contribution in [0.5, 0.6) is 0 Å². The molecule has 0 radical (unpaired) electrons. The van der Waals surface area contributed by atoms with Crippen LogP contribution in [0.25, 0.3) is 0 Å². The Hall–Kier alpha value is -1.30. The van der Waals surface area contributed by atoms with Crippen LogP contribution in [0.2, 0.25) is 5.02 Å². The molecule has 23 heavy (non-hydrogen) atoms. The lowest BCUT2D eigenvalue weighted by Gasteiger charge is -2.36. The second-order valence-electron chi connectivity index (χ2n) is 5.82. The molecule has 3 rings (SSSR count). The van der Waals surface area contributed by atoms with Gasteiger partial charge in [0.1, 0.15) is 0 Å². The summed E-state index contributed by atoms with van der Waals surface area (Å²) in [4.78, 5) is 28.5. The summed E-state index contributed by atoms with van der Waals surface area (Å²) < 4.78 is 0. The lowest BCUT2D eigenvalue weighted by atomic mass is 10.1. The van der Waals surface area contributed by atoms with Crippen molar-refractivity contribution >= 4 is 35.8 Å². The number of benzene rings is 1. The van der Waals surface area contributed by atoms with Gasteiger partial charge in [-0.2, -0.15) is 0 Å². The van der Waals surface area contributed by atoms with Crippen molar-refractivity contribution in [1.29, 1.82) is 0 Å². The Morgan fingerprint density at radius 2 is 1.83 bits per heavy atom. The zero-order valence-electron chi connectivity index (χ0n) is 12.8. The third-order valence-electron chi connectivity index (χ3n) is 4.36. The van der Waals surface area contributed by atoms with E-state index in [4.69, 9.17) is 11.6 Å². The van der Waals surface area contributed by atoms with E-state index in [1.165, 1.54) is 0 Å². The lowest BCUT2D eigenvalue weighted by Crippen LogP contribution is -2.52. The molecule has 2 heterocycles. The van der Waals surface area contributed by atoms with Crippen LogP contribution in [-0.2, 0) is 4.79 Å². The van der Waals surface area contributed by atoms with Crippen molar-refractivity contribution in [1.82, 2.24) is 15.1 Å². The van der Waals surface area contributed by atoms with E-state index in [1.807, 2.05) is 4.90 Å². The molecule has 2 fully saturated rings. The van der Waals surface area contributed by atoms with Crippen LogP contribution in [0.4, 0.5) is 0 Å². The fraction of sp³-hybridized carbons (Fsp3) is 0.500. The minimum Gasteiger partial charge on any atom is -0.339 e. The lowest BCUT2D eigenvalue weighted by molar-refractivity contribution is -0.136. The summed E-state index contributed by atoms with van der Waals surface area (Å²) in [5.74, 6) is 0.312. The van der Waals surface area contributed by atoms with Crippen molar-refractivity contribution < 1.29 is 9.59 Å². The molecule has 0 spiro atoms. The smallest absolute Gasteiger partial charge is 0.254 e. The number of amides is 2. The molecule has 7 heteroatoms. The number of piperazine rings is 1. The van der Waals surface area contributed by atoms with Gasteiger partial charge in [-0.3, -0.25) is 9.59 Å². The van der Waals surface area contributed by atoms with Crippen LogP contribution >= 0.6 is 24.0 Å². The topological polar surface area (TPSA) is 52.7 Å². The number of nitrogens with one attached hydrogen (secondary N) is 1. The van der Waals surface area contributed by atoms with Gasteiger partial charge in [-0.25, -0.2) is 0 Å². The van der Waals surface area contributed by atoms with Crippen LogP contribution < -0.4 is 5.32 Å². The van der Waals surface area contributed by atoms with E-state index in [0.29, 0.717) is 36.8 Å². The molecule has 0 saturated carbocycles. The van der Waals surface area contributed by atoms with E-state index in [2.05, 4.69) is 5.32 Å². The van der Waals surface area contributed by atoms with Crippen LogP contribution in [0.15, 0.2) is 24.3 Å². The quantitative estimate of drug-likeness (QED) is 0.875. The zero-order valence-corrected chi connectivity index (χ0v) is 14.4. The summed E-state index contributed by atoms with van der Waals surface area (Å²) >= 11 is 5.94. The van der Waals surface area contributed by atoms with Crippen LogP contribution in [0.3, 0.4) is 0 Å². The summed E-state index contributed by atoms with van der Waals surface area (Å²) in [6.07, 6.45) is 0.917. The first-order chi connectivity index (χ1) is 10.6. The Kier molecular flexibility index (Phi) is 6.27. The van der Waals surface area contributed by atoms with Gasteiger partial charge >= 0.3 is 0 Å². The Morgan fingerprint density at radius 3 is 2.43 bits per heavy atom. The zero-order chi connectivity index (χ0) is 15.5. The van der Waals surface area contributed by atoms with Crippen molar-refractivity contribution in [3.05, 3.63) is 34.9 Å². The molecule has 2 aliphatic heterocycles. The largest absolute Gasteiger partial charge is 0.339 e. The van der Waals surface area contributed by atoms with Gasteiger partial charge in [0.2, 0.25) is 5.91 Å². The Morgan fingerprint density at radius 1 is 1.13 bits per heavy atom. The molecular weight excluding hydrogens is 337 g/mol. The molecule has 1 atom stereocenters. The van der Waals surface area contributed by atoms with Gasteiger partial charge in [0.15, 0.2) is 0 Å². The second kappa shape index (κ2) is 7.99. The number of nitrogens with zero attached hydrogens (tertiary/aromatic N) is 2. The van der Waals surface area contributed by atoms with Crippen molar-refractivity contribution in [2.75, 3.05) is 39.3 Å². The Labute approximate surface area is 147 Å². The molecule has 1 aromatic carbocycles. The molecule has 126 valence electrons. The molecule has 2 amide bonds. The maximum absolute atomic E-state index is 12.4. The third kappa shape index (κ3) is 4.16. The molecule has 1 aromatic rings. The van der Waals surface area contributed by atoms with Crippen LogP contribution in [-0.4, -0.2) is 60.9 Å². The highest BCUT2D eigenvalue weighted by atomic mass is 35.5. The molecule has 2 aliphatic rings.